The van der Waals surface area contributed by atoms with Crippen LogP contribution >= 0.6 is 0 Å². The lowest BCUT2D eigenvalue weighted by molar-refractivity contribution is -0.138. The van der Waals surface area contributed by atoms with Crippen LogP contribution in [0.2, 0.25) is 0 Å². The Hall–Kier alpha value is -1.24. The van der Waals surface area contributed by atoms with Crippen molar-refractivity contribution in [1.29, 1.82) is 0 Å². The Labute approximate surface area is 104 Å². The molecule has 1 atom stereocenters. The number of hydrogen-bond donors (Lipinski definition) is 1. The number of alkyl halides is 2. The molecule has 0 saturated carbocycles. The maximum Gasteiger partial charge on any atom is 0.303 e. The first-order chi connectivity index (χ1) is 8.49. The number of aliphatic carboxylic acids is 1. The molecule has 0 aromatic rings. The summed E-state index contributed by atoms with van der Waals surface area (Å²) in [6, 6.07) is 0. The zero-order valence-corrected chi connectivity index (χ0v) is 9.98. The van der Waals surface area contributed by atoms with Crippen LogP contribution in [0.3, 0.4) is 0 Å². The average Bonchev–Trinajstić information content (AvgIpc) is 2.71. The zero-order chi connectivity index (χ0) is 13.5. The fourth-order valence-electron chi connectivity index (χ4n) is 1.96. The number of hydrogen-bond acceptors (Lipinski definition) is 3. The van der Waals surface area contributed by atoms with Crippen molar-refractivity contribution >= 4 is 11.9 Å². The Morgan fingerprint density at radius 3 is 2.78 bits per heavy atom. The lowest BCUT2D eigenvalue weighted by atomic mass is 10.1. The third-order valence-electron chi connectivity index (χ3n) is 2.81. The third kappa shape index (κ3) is 5.39. The van der Waals surface area contributed by atoms with Gasteiger partial charge in [-0.2, -0.15) is 0 Å². The van der Waals surface area contributed by atoms with Crippen molar-refractivity contribution in [1.82, 2.24) is 4.90 Å². The summed E-state index contributed by atoms with van der Waals surface area (Å²) in [6.07, 6.45) is -1.72. The van der Waals surface area contributed by atoms with Gasteiger partial charge < -0.3 is 14.7 Å². The van der Waals surface area contributed by atoms with E-state index in [9.17, 15) is 18.4 Å². The molecule has 0 radical (unpaired) electrons. The molecule has 0 aromatic heterocycles. The molecule has 7 heteroatoms. The van der Waals surface area contributed by atoms with Gasteiger partial charge in [0.15, 0.2) is 0 Å². The molecule has 1 aliphatic heterocycles. The number of amides is 1. The number of carboxylic acid groups (broad SMARTS) is 1. The van der Waals surface area contributed by atoms with Crippen LogP contribution in [-0.2, 0) is 14.3 Å². The van der Waals surface area contributed by atoms with Crippen LogP contribution < -0.4 is 0 Å². The van der Waals surface area contributed by atoms with Crippen LogP contribution in [0.15, 0.2) is 0 Å². The third-order valence-corrected chi connectivity index (χ3v) is 2.81. The predicted molar refractivity (Wildman–Crippen MR) is 58.4 cm³/mol. The fourth-order valence-corrected chi connectivity index (χ4v) is 1.96. The van der Waals surface area contributed by atoms with Gasteiger partial charge in [0.2, 0.25) is 5.91 Å². The summed E-state index contributed by atoms with van der Waals surface area (Å²) in [5, 5.41) is 8.63. The van der Waals surface area contributed by atoms with Crippen LogP contribution in [-0.4, -0.2) is 54.6 Å². The monoisotopic (exact) mass is 265 g/mol. The second kappa shape index (κ2) is 7.25. The first kappa shape index (κ1) is 14.8. The number of halogens is 2. The van der Waals surface area contributed by atoms with Crippen LogP contribution in [0, 0.1) is 5.92 Å². The van der Waals surface area contributed by atoms with E-state index in [1.807, 2.05) is 0 Å². The van der Waals surface area contributed by atoms with Gasteiger partial charge in [-0.05, 0) is 12.3 Å². The normalized spacial score (nSPS) is 19.5. The second-order valence-corrected chi connectivity index (χ2v) is 4.31. The van der Waals surface area contributed by atoms with E-state index in [1.54, 1.807) is 4.90 Å². The molecule has 5 nitrogen and oxygen atoms in total. The second-order valence-electron chi connectivity index (χ2n) is 4.31. The molecule has 1 N–H and O–H groups in total. The van der Waals surface area contributed by atoms with Crippen LogP contribution in [0.25, 0.3) is 0 Å². The number of ether oxygens (including phenoxy) is 1. The molecule has 104 valence electrons. The number of nitrogens with zero attached hydrogens (tertiary/aromatic N) is 1. The Balaban J connectivity index is 2.17. The maximum atomic E-state index is 11.8. The molecule has 1 fully saturated rings. The van der Waals surface area contributed by atoms with E-state index in [4.69, 9.17) is 5.11 Å². The molecule has 1 heterocycles. The molecule has 0 spiro atoms. The van der Waals surface area contributed by atoms with Gasteiger partial charge in [0, 0.05) is 19.5 Å². The zero-order valence-electron chi connectivity index (χ0n) is 9.98. The molecule has 0 bridgehead atoms. The highest BCUT2D eigenvalue weighted by atomic mass is 19.3. The molecular weight excluding hydrogens is 248 g/mol. The Kier molecular flexibility index (Phi) is 5.97. The lowest BCUT2D eigenvalue weighted by Crippen LogP contribution is -2.29. The van der Waals surface area contributed by atoms with Crippen molar-refractivity contribution in [2.24, 2.45) is 5.92 Å². The minimum atomic E-state index is -2.52. The van der Waals surface area contributed by atoms with Gasteiger partial charge in [0.05, 0.1) is 13.0 Å². The summed E-state index contributed by atoms with van der Waals surface area (Å²) < 4.78 is 28.1. The summed E-state index contributed by atoms with van der Waals surface area (Å²) >= 11 is 0. The van der Waals surface area contributed by atoms with Crippen LogP contribution in [0.4, 0.5) is 8.78 Å². The average molecular weight is 265 g/mol. The number of rotatable bonds is 7. The molecule has 1 unspecified atom stereocenters. The lowest BCUT2D eigenvalue weighted by Gasteiger charge is -2.16. The van der Waals surface area contributed by atoms with Gasteiger partial charge in [0.25, 0.3) is 6.43 Å². The fraction of sp³-hybridized carbons (Fsp3) is 0.818. The minimum absolute atomic E-state index is 0.00608. The summed E-state index contributed by atoms with van der Waals surface area (Å²) in [7, 11) is 0. The number of likely N-dealkylation sites (tertiary alicyclic amines) is 1. The molecule has 1 rings (SSSR count). The maximum absolute atomic E-state index is 11.8. The van der Waals surface area contributed by atoms with Gasteiger partial charge in [-0.3, -0.25) is 9.59 Å². The van der Waals surface area contributed by atoms with Crippen molar-refractivity contribution in [2.45, 2.75) is 25.7 Å². The number of carbonyl (C=O) groups is 2. The van der Waals surface area contributed by atoms with E-state index in [2.05, 4.69) is 4.74 Å². The predicted octanol–water partition coefficient (Wildman–Crippen LogP) is 0.981. The highest BCUT2D eigenvalue weighted by Gasteiger charge is 2.27. The van der Waals surface area contributed by atoms with Gasteiger partial charge in [0.1, 0.15) is 6.61 Å². The van der Waals surface area contributed by atoms with Crippen molar-refractivity contribution in [3.05, 3.63) is 0 Å². The summed E-state index contributed by atoms with van der Waals surface area (Å²) in [4.78, 5) is 23.7. The largest absolute Gasteiger partial charge is 0.481 e. The summed E-state index contributed by atoms with van der Waals surface area (Å²) in [6.45, 7) is 0.282. The number of carboxylic acids is 1. The molecular formula is C11H17F2NO4. The van der Waals surface area contributed by atoms with Gasteiger partial charge >= 0.3 is 5.97 Å². The quantitative estimate of drug-likeness (QED) is 0.697. The van der Waals surface area contributed by atoms with E-state index in [-0.39, 0.29) is 31.3 Å². The van der Waals surface area contributed by atoms with Crippen molar-refractivity contribution in [3.63, 3.8) is 0 Å². The first-order valence-corrected chi connectivity index (χ1v) is 5.84. The highest BCUT2D eigenvalue weighted by Crippen LogP contribution is 2.20. The molecule has 0 aliphatic carbocycles. The van der Waals surface area contributed by atoms with E-state index in [0.29, 0.717) is 19.5 Å². The van der Waals surface area contributed by atoms with E-state index < -0.39 is 19.0 Å². The highest BCUT2D eigenvalue weighted by molar-refractivity contribution is 5.76. The van der Waals surface area contributed by atoms with E-state index in [0.717, 1.165) is 0 Å². The molecule has 1 aliphatic rings. The Morgan fingerprint density at radius 2 is 2.17 bits per heavy atom. The van der Waals surface area contributed by atoms with Crippen molar-refractivity contribution in [3.8, 4) is 0 Å². The van der Waals surface area contributed by atoms with Crippen molar-refractivity contribution in [2.75, 3.05) is 26.3 Å². The van der Waals surface area contributed by atoms with Crippen molar-refractivity contribution < 1.29 is 28.2 Å². The van der Waals surface area contributed by atoms with Gasteiger partial charge in [-0.25, -0.2) is 8.78 Å². The molecule has 1 saturated heterocycles. The van der Waals surface area contributed by atoms with E-state index in [1.165, 1.54) is 0 Å². The first-order valence-electron chi connectivity index (χ1n) is 5.84. The SMILES string of the molecule is O=C(O)CC1CCN(C(=O)CCOCC(F)F)C1. The smallest absolute Gasteiger partial charge is 0.303 e. The Morgan fingerprint density at radius 1 is 1.44 bits per heavy atom. The molecule has 1 amide bonds. The summed E-state index contributed by atoms with van der Waals surface area (Å²) in [5.41, 5.74) is 0. The van der Waals surface area contributed by atoms with Gasteiger partial charge in [-0.15, -0.1) is 0 Å². The number of carbonyl (C=O) groups excluding carboxylic acids is 1. The standard InChI is InChI=1S/C11H17F2NO4/c12-9(13)7-18-4-2-10(15)14-3-1-8(6-14)5-11(16)17/h8-9H,1-7H2,(H,16,17). The van der Waals surface area contributed by atoms with Crippen LogP contribution in [0.5, 0.6) is 0 Å². The summed E-state index contributed by atoms with van der Waals surface area (Å²) in [5.74, 6) is -1.04. The minimum Gasteiger partial charge on any atom is -0.481 e. The van der Waals surface area contributed by atoms with E-state index >= 15 is 0 Å². The van der Waals surface area contributed by atoms with Gasteiger partial charge in [-0.1, -0.05) is 0 Å². The molecule has 18 heavy (non-hydrogen) atoms. The topological polar surface area (TPSA) is 66.8 Å². The molecule has 0 aromatic carbocycles. The van der Waals surface area contributed by atoms with Crippen LogP contribution in [0.1, 0.15) is 19.3 Å². The Bertz CT molecular complexity index is 299.